The lowest BCUT2D eigenvalue weighted by atomic mass is 10.2. The highest BCUT2D eigenvalue weighted by Crippen LogP contribution is 2.17. The predicted molar refractivity (Wildman–Crippen MR) is 74.9 cm³/mol. The van der Waals surface area contributed by atoms with Gasteiger partial charge in [0, 0.05) is 22.7 Å². The lowest BCUT2D eigenvalue weighted by Gasteiger charge is -2.16. The molecule has 2 N–H and O–H groups in total. The van der Waals surface area contributed by atoms with Crippen LogP contribution < -0.4 is 5.73 Å². The molecule has 3 nitrogen and oxygen atoms in total. The number of carbonyl (C=O) groups excluding carboxylic acids is 1. The van der Waals surface area contributed by atoms with Gasteiger partial charge in [-0.15, -0.1) is 12.4 Å². The molecule has 16 heavy (non-hydrogen) atoms. The fourth-order valence-electron chi connectivity index (χ4n) is 1.78. The van der Waals surface area contributed by atoms with Crippen molar-refractivity contribution in [3.63, 3.8) is 0 Å². The van der Waals surface area contributed by atoms with Gasteiger partial charge >= 0.3 is 0 Å². The third-order valence-corrected chi connectivity index (χ3v) is 3.56. The monoisotopic (exact) mass is 352 g/mol. The summed E-state index contributed by atoms with van der Waals surface area (Å²) in [4.78, 5) is 13.9. The lowest BCUT2D eigenvalue weighted by Crippen LogP contribution is -2.32. The Balaban J connectivity index is 0.00000128. The molecule has 0 spiro atoms. The molecular formula is C11H14ClIN2O. The zero-order valence-electron chi connectivity index (χ0n) is 8.73. The smallest absolute Gasteiger partial charge is 0.254 e. The summed E-state index contributed by atoms with van der Waals surface area (Å²) >= 11 is 2.19. The van der Waals surface area contributed by atoms with Crippen molar-refractivity contribution in [2.75, 3.05) is 13.1 Å². The Labute approximate surface area is 115 Å². The van der Waals surface area contributed by atoms with Crippen molar-refractivity contribution in [1.29, 1.82) is 0 Å². The Morgan fingerprint density at radius 3 is 2.69 bits per heavy atom. The number of benzene rings is 1. The first-order valence-electron chi connectivity index (χ1n) is 4.98. The maximum atomic E-state index is 12.1. The second-order valence-electron chi connectivity index (χ2n) is 3.78. The SMILES string of the molecule is Cl.NC1CCN(C(=O)c2ccccc2I)C1. The largest absolute Gasteiger partial charge is 0.337 e. The molecule has 1 amide bonds. The maximum absolute atomic E-state index is 12.1. The van der Waals surface area contributed by atoms with Crippen molar-refractivity contribution in [1.82, 2.24) is 4.90 Å². The number of rotatable bonds is 1. The normalized spacial score (nSPS) is 19.4. The van der Waals surface area contributed by atoms with Gasteiger partial charge in [0.05, 0.1) is 5.56 Å². The predicted octanol–water partition coefficient (Wildman–Crippen LogP) is 1.89. The Hall–Kier alpha value is -0.330. The molecule has 88 valence electrons. The standard InChI is InChI=1S/C11H13IN2O.ClH/c12-10-4-2-1-3-9(10)11(15)14-6-5-8(13)7-14;/h1-4,8H,5-7,13H2;1H. The van der Waals surface area contributed by atoms with Gasteiger partial charge in [-0.3, -0.25) is 4.79 Å². The van der Waals surface area contributed by atoms with Crippen molar-refractivity contribution in [2.45, 2.75) is 12.5 Å². The van der Waals surface area contributed by atoms with E-state index in [0.29, 0.717) is 6.54 Å². The quantitative estimate of drug-likeness (QED) is 0.785. The molecule has 1 aromatic carbocycles. The fraction of sp³-hybridized carbons (Fsp3) is 0.364. The van der Waals surface area contributed by atoms with Crippen LogP contribution >= 0.6 is 35.0 Å². The van der Waals surface area contributed by atoms with Gasteiger partial charge in [0.15, 0.2) is 0 Å². The number of hydrogen-bond donors (Lipinski definition) is 1. The van der Waals surface area contributed by atoms with Crippen LogP contribution in [0.2, 0.25) is 0 Å². The van der Waals surface area contributed by atoms with E-state index in [-0.39, 0.29) is 24.4 Å². The Morgan fingerprint density at radius 2 is 2.12 bits per heavy atom. The highest BCUT2D eigenvalue weighted by molar-refractivity contribution is 14.1. The summed E-state index contributed by atoms with van der Waals surface area (Å²) in [6.45, 7) is 1.47. The first-order chi connectivity index (χ1) is 7.18. The van der Waals surface area contributed by atoms with Gasteiger partial charge in [-0.2, -0.15) is 0 Å². The van der Waals surface area contributed by atoms with Crippen molar-refractivity contribution >= 4 is 40.9 Å². The third kappa shape index (κ3) is 2.87. The molecule has 1 saturated heterocycles. The van der Waals surface area contributed by atoms with Crippen LogP contribution in [0, 0.1) is 3.57 Å². The average molecular weight is 353 g/mol. The summed E-state index contributed by atoms with van der Waals surface area (Å²) in [5, 5.41) is 0. The van der Waals surface area contributed by atoms with E-state index in [9.17, 15) is 4.79 Å². The molecule has 1 aromatic rings. The topological polar surface area (TPSA) is 46.3 Å². The van der Waals surface area contributed by atoms with Crippen molar-refractivity contribution in [2.24, 2.45) is 5.73 Å². The summed E-state index contributed by atoms with van der Waals surface area (Å²) in [5.41, 5.74) is 6.57. The summed E-state index contributed by atoms with van der Waals surface area (Å²) in [6.07, 6.45) is 0.912. The van der Waals surface area contributed by atoms with Gasteiger partial charge in [0.25, 0.3) is 5.91 Å². The Kier molecular flexibility index (Phi) is 5.01. The summed E-state index contributed by atoms with van der Waals surface area (Å²) < 4.78 is 1.00. The Bertz CT molecular complexity index is 386. The maximum Gasteiger partial charge on any atom is 0.254 e. The van der Waals surface area contributed by atoms with E-state index in [0.717, 1.165) is 22.1 Å². The molecule has 0 bridgehead atoms. The van der Waals surface area contributed by atoms with Gasteiger partial charge < -0.3 is 10.6 Å². The minimum atomic E-state index is 0. The summed E-state index contributed by atoms with van der Waals surface area (Å²) in [5.74, 6) is 0.105. The fourth-order valence-corrected chi connectivity index (χ4v) is 2.39. The molecule has 1 fully saturated rings. The molecule has 5 heteroatoms. The van der Waals surface area contributed by atoms with Gasteiger partial charge in [-0.05, 0) is 41.1 Å². The van der Waals surface area contributed by atoms with Gasteiger partial charge in [0.2, 0.25) is 0 Å². The average Bonchev–Trinajstić information content (AvgIpc) is 2.65. The summed E-state index contributed by atoms with van der Waals surface area (Å²) in [6, 6.07) is 7.80. The number of amides is 1. The molecule has 1 unspecified atom stereocenters. The first kappa shape index (κ1) is 13.7. The highest BCUT2D eigenvalue weighted by Gasteiger charge is 2.25. The lowest BCUT2D eigenvalue weighted by molar-refractivity contribution is 0.0790. The third-order valence-electron chi connectivity index (χ3n) is 2.62. The highest BCUT2D eigenvalue weighted by atomic mass is 127. The van der Waals surface area contributed by atoms with E-state index >= 15 is 0 Å². The van der Waals surface area contributed by atoms with Crippen LogP contribution in [-0.2, 0) is 0 Å². The van der Waals surface area contributed by atoms with E-state index in [2.05, 4.69) is 22.6 Å². The van der Waals surface area contributed by atoms with Crippen LogP contribution in [0.15, 0.2) is 24.3 Å². The number of halogens is 2. The van der Waals surface area contributed by atoms with Crippen molar-refractivity contribution in [3.8, 4) is 0 Å². The molecular weight excluding hydrogens is 338 g/mol. The van der Waals surface area contributed by atoms with Crippen LogP contribution in [0.25, 0.3) is 0 Å². The van der Waals surface area contributed by atoms with Crippen LogP contribution in [0.5, 0.6) is 0 Å². The zero-order chi connectivity index (χ0) is 10.8. The molecule has 0 aliphatic carbocycles. The second-order valence-corrected chi connectivity index (χ2v) is 4.94. The van der Waals surface area contributed by atoms with E-state index in [1.165, 1.54) is 0 Å². The van der Waals surface area contributed by atoms with Gasteiger partial charge in [0.1, 0.15) is 0 Å². The molecule has 1 atom stereocenters. The molecule has 1 aliphatic rings. The van der Waals surface area contributed by atoms with E-state index in [1.54, 1.807) is 0 Å². The number of nitrogens with zero attached hydrogens (tertiary/aromatic N) is 1. The molecule has 1 aliphatic heterocycles. The number of likely N-dealkylation sites (tertiary alicyclic amines) is 1. The molecule has 0 aromatic heterocycles. The minimum absolute atomic E-state index is 0. The second kappa shape index (κ2) is 5.84. The van der Waals surface area contributed by atoms with E-state index < -0.39 is 0 Å². The van der Waals surface area contributed by atoms with E-state index in [4.69, 9.17) is 5.73 Å². The minimum Gasteiger partial charge on any atom is -0.337 e. The number of nitrogens with two attached hydrogens (primary N) is 1. The Morgan fingerprint density at radius 1 is 1.44 bits per heavy atom. The zero-order valence-corrected chi connectivity index (χ0v) is 11.7. The molecule has 1 heterocycles. The van der Waals surface area contributed by atoms with Gasteiger partial charge in [-0.25, -0.2) is 0 Å². The number of carbonyl (C=O) groups is 1. The van der Waals surface area contributed by atoms with Crippen LogP contribution in [0.1, 0.15) is 16.8 Å². The summed E-state index contributed by atoms with van der Waals surface area (Å²) in [7, 11) is 0. The van der Waals surface area contributed by atoms with Crippen molar-refractivity contribution in [3.05, 3.63) is 33.4 Å². The van der Waals surface area contributed by atoms with Crippen LogP contribution in [0.4, 0.5) is 0 Å². The molecule has 2 rings (SSSR count). The molecule has 0 saturated carbocycles. The van der Waals surface area contributed by atoms with Gasteiger partial charge in [-0.1, -0.05) is 12.1 Å². The molecule has 0 radical (unpaired) electrons. The van der Waals surface area contributed by atoms with E-state index in [1.807, 2.05) is 29.2 Å². The van der Waals surface area contributed by atoms with Crippen LogP contribution in [0.3, 0.4) is 0 Å². The number of hydrogen-bond acceptors (Lipinski definition) is 2. The first-order valence-corrected chi connectivity index (χ1v) is 6.06. The van der Waals surface area contributed by atoms with Crippen molar-refractivity contribution < 1.29 is 4.79 Å². The van der Waals surface area contributed by atoms with Crippen LogP contribution in [-0.4, -0.2) is 29.9 Å².